The van der Waals surface area contributed by atoms with Crippen LogP contribution in [0.3, 0.4) is 0 Å². The number of aryl methyl sites for hydroxylation is 1. The van der Waals surface area contributed by atoms with Crippen molar-refractivity contribution in [2.24, 2.45) is 0 Å². The highest BCUT2D eigenvalue weighted by atomic mass is 16.6. The minimum absolute atomic E-state index is 0.343. The number of hydrogen-bond donors (Lipinski definition) is 0. The molecule has 20 heavy (non-hydrogen) atoms. The van der Waals surface area contributed by atoms with Crippen LogP contribution in [0.5, 0.6) is 0 Å². The summed E-state index contributed by atoms with van der Waals surface area (Å²) >= 11 is 0. The van der Waals surface area contributed by atoms with Crippen LogP contribution in [-0.2, 0) is 24.2 Å². The fourth-order valence-corrected chi connectivity index (χ4v) is 2.36. The molecule has 0 radical (unpaired) electrons. The van der Waals surface area contributed by atoms with Crippen molar-refractivity contribution in [3.8, 4) is 0 Å². The number of carbonyl (C=O) groups excluding carboxylic acids is 2. The number of aldehydes is 1. The summed E-state index contributed by atoms with van der Waals surface area (Å²) in [5.41, 5.74) is 1.81. The van der Waals surface area contributed by atoms with Gasteiger partial charge in [0.25, 0.3) is 0 Å². The molecule has 0 atom stereocenters. The van der Waals surface area contributed by atoms with E-state index in [4.69, 9.17) is 4.74 Å². The van der Waals surface area contributed by atoms with Gasteiger partial charge in [0.15, 0.2) is 6.29 Å². The van der Waals surface area contributed by atoms with Crippen LogP contribution in [0.2, 0.25) is 0 Å². The van der Waals surface area contributed by atoms with Crippen LogP contribution >= 0.6 is 0 Å². The van der Waals surface area contributed by atoms with E-state index >= 15 is 0 Å². The maximum absolute atomic E-state index is 12.1. The molecule has 1 amide bonds. The molecule has 0 spiro atoms. The molecule has 0 saturated heterocycles. The molecule has 0 aliphatic carbocycles. The van der Waals surface area contributed by atoms with E-state index in [1.54, 1.807) is 4.90 Å². The number of hydrogen-bond acceptors (Lipinski definition) is 4. The van der Waals surface area contributed by atoms with Gasteiger partial charge in [-0.05, 0) is 27.7 Å². The molecule has 2 heterocycles. The summed E-state index contributed by atoms with van der Waals surface area (Å²) in [6.45, 7) is 9.21. The molecule has 0 N–H and O–H groups in total. The van der Waals surface area contributed by atoms with Crippen molar-refractivity contribution >= 4 is 12.4 Å². The molecule has 6 nitrogen and oxygen atoms in total. The lowest BCUT2D eigenvalue weighted by Gasteiger charge is -2.30. The van der Waals surface area contributed by atoms with Crippen LogP contribution in [-0.4, -0.2) is 39.2 Å². The Labute approximate surface area is 118 Å². The standard InChI is InChI=1S/C14H21N3O3/c1-5-17-12-6-7-16(13(19)20-14(2,3)4)8-10(12)11(9-18)15-17/h9H,5-8H2,1-4H3. The first-order valence-corrected chi connectivity index (χ1v) is 6.87. The van der Waals surface area contributed by atoms with Gasteiger partial charge in [0.05, 0.1) is 6.54 Å². The van der Waals surface area contributed by atoms with Gasteiger partial charge < -0.3 is 9.64 Å². The minimum Gasteiger partial charge on any atom is -0.444 e. The summed E-state index contributed by atoms with van der Waals surface area (Å²) in [6, 6.07) is 0. The van der Waals surface area contributed by atoms with E-state index in [1.807, 2.05) is 32.4 Å². The Morgan fingerprint density at radius 1 is 1.45 bits per heavy atom. The van der Waals surface area contributed by atoms with Gasteiger partial charge in [0.1, 0.15) is 11.3 Å². The smallest absolute Gasteiger partial charge is 0.410 e. The van der Waals surface area contributed by atoms with Crippen LogP contribution in [0.25, 0.3) is 0 Å². The van der Waals surface area contributed by atoms with Crippen LogP contribution in [0.15, 0.2) is 0 Å². The summed E-state index contributed by atoms with van der Waals surface area (Å²) in [5, 5.41) is 4.27. The Hall–Kier alpha value is -1.85. The zero-order valence-electron chi connectivity index (χ0n) is 12.5. The second-order valence-electron chi connectivity index (χ2n) is 5.90. The molecule has 0 fully saturated rings. The zero-order chi connectivity index (χ0) is 14.9. The highest BCUT2D eigenvalue weighted by Crippen LogP contribution is 2.23. The van der Waals surface area contributed by atoms with Crippen molar-refractivity contribution in [1.82, 2.24) is 14.7 Å². The topological polar surface area (TPSA) is 64.4 Å². The van der Waals surface area contributed by atoms with Gasteiger partial charge in [0, 0.05) is 30.8 Å². The van der Waals surface area contributed by atoms with E-state index in [2.05, 4.69) is 5.10 Å². The quantitative estimate of drug-likeness (QED) is 0.777. The second kappa shape index (κ2) is 5.26. The summed E-state index contributed by atoms with van der Waals surface area (Å²) in [4.78, 5) is 24.8. The molecular formula is C14H21N3O3. The molecule has 110 valence electrons. The Morgan fingerprint density at radius 3 is 2.70 bits per heavy atom. The molecule has 2 rings (SSSR count). The van der Waals surface area contributed by atoms with E-state index < -0.39 is 5.60 Å². The van der Waals surface area contributed by atoms with Crippen LogP contribution in [0, 0.1) is 0 Å². The van der Waals surface area contributed by atoms with E-state index in [0.29, 0.717) is 25.2 Å². The Bertz CT molecular complexity index is 529. The van der Waals surface area contributed by atoms with Crippen molar-refractivity contribution in [1.29, 1.82) is 0 Å². The first-order valence-electron chi connectivity index (χ1n) is 6.87. The normalized spacial score (nSPS) is 14.9. The monoisotopic (exact) mass is 279 g/mol. The Kier molecular flexibility index (Phi) is 3.83. The molecular weight excluding hydrogens is 258 g/mol. The Balaban J connectivity index is 2.20. The lowest BCUT2D eigenvalue weighted by Crippen LogP contribution is -2.40. The molecule has 1 aromatic rings. The van der Waals surface area contributed by atoms with Gasteiger partial charge >= 0.3 is 6.09 Å². The van der Waals surface area contributed by atoms with Crippen LogP contribution in [0.1, 0.15) is 49.4 Å². The summed E-state index contributed by atoms with van der Waals surface area (Å²) < 4.78 is 7.21. The number of aromatic nitrogens is 2. The lowest BCUT2D eigenvalue weighted by molar-refractivity contribution is 0.0222. The van der Waals surface area contributed by atoms with Gasteiger partial charge in [-0.25, -0.2) is 4.79 Å². The number of nitrogens with zero attached hydrogens (tertiary/aromatic N) is 3. The average Bonchev–Trinajstić information content (AvgIpc) is 2.73. The van der Waals surface area contributed by atoms with Crippen molar-refractivity contribution in [2.45, 2.75) is 52.8 Å². The third-order valence-electron chi connectivity index (χ3n) is 3.23. The first kappa shape index (κ1) is 14.6. The molecule has 0 unspecified atom stereocenters. The van der Waals surface area contributed by atoms with E-state index in [1.165, 1.54) is 0 Å². The SMILES string of the molecule is CCn1nc(C=O)c2c1CCN(C(=O)OC(C)(C)C)C2. The predicted molar refractivity (Wildman–Crippen MR) is 73.6 cm³/mol. The number of amides is 1. The molecule has 6 heteroatoms. The third-order valence-corrected chi connectivity index (χ3v) is 3.23. The number of ether oxygens (including phenoxy) is 1. The third kappa shape index (κ3) is 2.84. The fourth-order valence-electron chi connectivity index (χ4n) is 2.36. The summed E-state index contributed by atoms with van der Waals surface area (Å²) in [7, 11) is 0. The predicted octanol–water partition coefficient (Wildman–Crippen LogP) is 2.01. The van der Waals surface area contributed by atoms with E-state index in [0.717, 1.165) is 24.1 Å². The largest absolute Gasteiger partial charge is 0.444 e. The van der Waals surface area contributed by atoms with Gasteiger partial charge in [0.2, 0.25) is 0 Å². The lowest BCUT2D eigenvalue weighted by atomic mass is 10.1. The fraction of sp³-hybridized carbons (Fsp3) is 0.643. The van der Waals surface area contributed by atoms with Crippen molar-refractivity contribution in [2.75, 3.05) is 6.54 Å². The molecule has 0 saturated carbocycles. The summed E-state index contributed by atoms with van der Waals surface area (Å²) in [6.07, 6.45) is 1.11. The van der Waals surface area contributed by atoms with E-state index in [9.17, 15) is 9.59 Å². The maximum atomic E-state index is 12.1. The van der Waals surface area contributed by atoms with Crippen molar-refractivity contribution in [3.63, 3.8) is 0 Å². The van der Waals surface area contributed by atoms with E-state index in [-0.39, 0.29) is 6.09 Å². The van der Waals surface area contributed by atoms with Gasteiger partial charge in [-0.15, -0.1) is 0 Å². The van der Waals surface area contributed by atoms with Crippen LogP contribution < -0.4 is 0 Å². The van der Waals surface area contributed by atoms with Crippen LogP contribution in [0.4, 0.5) is 4.79 Å². The second-order valence-corrected chi connectivity index (χ2v) is 5.90. The first-order chi connectivity index (χ1) is 9.35. The van der Waals surface area contributed by atoms with Gasteiger partial charge in [-0.3, -0.25) is 9.48 Å². The molecule has 0 aromatic carbocycles. The number of rotatable bonds is 2. The number of fused-ring (bicyclic) bond motifs is 1. The van der Waals surface area contributed by atoms with Crippen molar-refractivity contribution in [3.05, 3.63) is 17.0 Å². The molecule has 1 aliphatic rings. The maximum Gasteiger partial charge on any atom is 0.410 e. The number of carbonyl (C=O) groups is 2. The highest BCUT2D eigenvalue weighted by molar-refractivity contribution is 5.76. The molecule has 0 bridgehead atoms. The Morgan fingerprint density at radius 2 is 2.15 bits per heavy atom. The molecule has 1 aliphatic heterocycles. The minimum atomic E-state index is -0.515. The summed E-state index contributed by atoms with van der Waals surface area (Å²) in [5.74, 6) is 0. The van der Waals surface area contributed by atoms with Gasteiger partial charge in [-0.2, -0.15) is 5.10 Å². The zero-order valence-corrected chi connectivity index (χ0v) is 12.5. The van der Waals surface area contributed by atoms with Crippen molar-refractivity contribution < 1.29 is 14.3 Å². The van der Waals surface area contributed by atoms with Gasteiger partial charge in [-0.1, -0.05) is 0 Å². The average molecular weight is 279 g/mol. The molecule has 1 aromatic heterocycles. The highest BCUT2D eigenvalue weighted by Gasteiger charge is 2.29.